The third-order valence-corrected chi connectivity index (χ3v) is 8.54. The number of fused-ring (bicyclic) bond motifs is 1. The van der Waals surface area contributed by atoms with E-state index in [2.05, 4.69) is 15.6 Å². The molecule has 0 unspecified atom stereocenters. The molecule has 0 fully saturated rings. The minimum Gasteiger partial charge on any atom is -0.464 e. The number of carbonyl (C=O) groups is 2. The summed E-state index contributed by atoms with van der Waals surface area (Å²) in [5.74, 6) is -0.883. The largest absolute Gasteiger partial charge is 0.464 e. The van der Waals surface area contributed by atoms with Gasteiger partial charge < -0.3 is 15.4 Å². The summed E-state index contributed by atoms with van der Waals surface area (Å²) < 4.78 is 47.2. The van der Waals surface area contributed by atoms with Crippen molar-refractivity contribution in [3.63, 3.8) is 0 Å². The summed E-state index contributed by atoms with van der Waals surface area (Å²) in [7, 11) is 0. The number of hydrogen-bond acceptors (Lipinski definition) is 5. The van der Waals surface area contributed by atoms with Crippen LogP contribution < -0.4 is 10.6 Å². The van der Waals surface area contributed by atoms with E-state index >= 15 is 0 Å². The first-order valence-electron chi connectivity index (χ1n) is 16.7. The molecule has 1 atom stereocenters. The highest BCUT2D eigenvalue weighted by Gasteiger charge is 2.33. The molecule has 51 heavy (non-hydrogen) atoms. The van der Waals surface area contributed by atoms with Crippen LogP contribution in [0.15, 0.2) is 134 Å². The van der Waals surface area contributed by atoms with E-state index in [1.54, 1.807) is 31.3 Å². The van der Waals surface area contributed by atoms with Crippen LogP contribution in [0.25, 0.3) is 22.0 Å². The first-order chi connectivity index (χ1) is 24.7. The van der Waals surface area contributed by atoms with Crippen LogP contribution >= 0.6 is 0 Å². The van der Waals surface area contributed by atoms with Crippen molar-refractivity contribution in [2.45, 2.75) is 38.5 Å². The van der Waals surface area contributed by atoms with Gasteiger partial charge in [-0.1, -0.05) is 97.1 Å². The van der Waals surface area contributed by atoms with Gasteiger partial charge in [0.2, 0.25) is 0 Å². The molecule has 258 valence electrons. The Morgan fingerprint density at radius 3 is 2.16 bits per heavy atom. The van der Waals surface area contributed by atoms with Crippen molar-refractivity contribution in [3.05, 3.63) is 167 Å². The van der Waals surface area contributed by atoms with Gasteiger partial charge in [0.05, 0.1) is 17.7 Å². The second kappa shape index (κ2) is 15.7. The van der Waals surface area contributed by atoms with E-state index in [9.17, 15) is 22.8 Å². The molecule has 0 radical (unpaired) electrons. The van der Waals surface area contributed by atoms with Gasteiger partial charge in [-0.15, -0.1) is 0 Å². The van der Waals surface area contributed by atoms with E-state index in [1.165, 1.54) is 6.07 Å². The lowest BCUT2D eigenvalue weighted by atomic mass is 9.91. The molecule has 0 bridgehead atoms. The number of nitrogens with zero attached hydrogens (tertiary/aromatic N) is 1. The second-order valence-corrected chi connectivity index (χ2v) is 12.1. The quantitative estimate of drug-likeness (QED) is 0.126. The van der Waals surface area contributed by atoms with E-state index in [4.69, 9.17) is 4.74 Å². The summed E-state index contributed by atoms with van der Waals surface area (Å²) in [6.45, 7) is 2.36. The van der Waals surface area contributed by atoms with Crippen LogP contribution in [-0.2, 0) is 35.1 Å². The van der Waals surface area contributed by atoms with Crippen LogP contribution in [0, 0.1) is 0 Å². The molecule has 0 spiro atoms. The number of aromatic nitrogens is 1. The van der Waals surface area contributed by atoms with Crippen LogP contribution in [0.3, 0.4) is 0 Å². The standard InChI is InChI=1S/C42H36F3N3O3/c1-2-51-41(50)37(24-29-13-7-4-8-14-29)48-40(49)31-21-19-30(20-22-31)26-46-34-16-9-15-32(25-34)38-33(23-28-11-5-3-6-12-28)27-47-39-35(38)17-10-18-36(39)42(43,44)45/h3-22,25,27,37,46H,2,23-24,26H2,1H3,(H,48,49)/t37-/m1/s1. The minimum atomic E-state index is -4.55. The summed E-state index contributed by atoms with van der Waals surface area (Å²) in [6, 6.07) is 37.1. The maximum Gasteiger partial charge on any atom is 0.418 e. The minimum absolute atomic E-state index is 0.0899. The lowest BCUT2D eigenvalue weighted by Crippen LogP contribution is -2.43. The number of rotatable bonds is 12. The molecule has 2 N–H and O–H groups in total. The van der Waals surface area contributed by atoms with Crippen LogP contribution in [0.2, 0.25) is 0 Å². The molecule has 1 aromatic heterocycles. The van der Waals surface area contributed by atoms with E-state index in [-0.39, 0.29) is 18.0 Å². The Morgan fingerprint density at radius 1 is 0.784 bits per heavy atom. The lowest BCUT2D eigenvalue weighted by Gasteiger charge is -2.18. The molecule has 0 saturated carbocycles. The molecule has 0 aliphatic heterocycles. The summed E-state index contributed by atoms with van der Waals surface area (Å²) >= 11 is 0. The Kier molecular flexibility index (Phi) is 10.8. The fourth-order valence-electron chi connectivity index (χ4n) is 6.07. The maximum absolute atomic E-state index is 14.0. The topological polar surface area (TPSA) is 80.3 Å². The Morgan fingerprint density at radius 2 is 1.47 bits per heavy atom. The third kappa shape index (κ3) is 8.62. The molecule has 0 aliphatic rings. The zero-order valence-corrected chi connectivity index (χ0v) is 27.9. The lowest BCUT2D eigenvalue weighted by molar-refractivity contribution is -0.145. The number of benzene rings is 5. The first-order valence-corrected chi connectivity index (χ1v) is 16.7. The van der Waals surface area contributed by atoms with Crippen LogP contribution in [0.4, 0.5) is 18.9 Å². The highest BCUT2D eigenvalue weighted by atomic mass is 19.4. The number of esters is 1. The van der Waals surface area contributed by atoms with Gasteiger partial charge in [0, 0.05) is 35.8 Å². The molecule has 6 nitrogen and oxygen atoms in total. The number of para-hydroxylation sites is 1. The van der Waals surface area contributed by atoms with Crippen molar-refractivity contribution >= 4 is 28.5 Å². The van der Waals surface area contributed by atoms with Crippen molar-refractivity contribution in [2.24, 2.45) is 0 Å². The van der Waals surface area contributed by atoms with E-state index in [0.29, 0.717) is 35.9 Å². The highest BCUT2D eigenvalue weighted by Crippen LogP contribution is 2.39. The van der Waals surface area contributed by atoms with Gasteiger partial charge in [-0.25, -0.2) is 4.79 Å². The Hall–Kier alpha value is -5.96. The SMILES string of the molecule is CCOC(=O)[C@@H](Cc1ccccc1)NC(=O)c1ccc(CNc2cccc(-c3c(Cc4ccccc4)cnc4c(C(F)(F)F)cccc34)c2)cc1. The fourth-order valence-corrected chi connectivity index (χ4v) is 6.07. The zero-order valence-electron chi connectivity index (χ0n) is 27.9. The number of hydrogen-bond donors (Lipinski definition) is 2. The Labute approximate surface area is 294 Å². The number of anilines is 1. The van der Waals surface area contributed by atoms with Gasteiger partial charge in [-0.05, 0) is 77.1 Å². The van der Waals surface area contributed by atoms with Gasteiger partial charge in [-0.3, -0.25) is 9.78 Å². The van der Waals surface area contributed by atoms with Crippen molar-refractivity contribution in [2.75, 3.05) is 11.9 Å². The van der Waals surface area contributed by atoms with E-state index in [1.807, 2.05) is 97.1 Å². The number of pyridine rings is 1. The smallest absolute Gasteiger partial charge is 0.418 e. The molecular formula is C42H36F3N3O3. The van der Waals surface area contributed by atoms with E-state index < -0.39 is 23.8 Å². The Bertz CT molecular complexity index is 2120. The predicted molar refractivity (Wildman–Crippen MR) is 193 cm³/mol. The molecule has 9 heteroatoms. The average molecular weight is 688 g/mol. The van der Waals surface area contributed by atoms with E-state index in [0.717, 1.165) is 39.6 Å². The second-order valence-electron chi connectivity index (χ2n) is 12.1. The van der Waals surface area contributed by atoms with Gasteiger partial charge in [0.1, 0.15) is 6.04 Å². The molecule has 5 aromatic carbocycles. The van der Waals surface area contributed by atoms with Gasteiger partial charge in [-0.2, -0.15) is 13.2 Å². The number of ether oxygens (including phenoxy) is 1. The van der Waals surface area contributed by atoms with Crippen LogP contribution in [-0.4, -0.2) is 29.5 Å². The summed E-state index contributed by atoms with van der Waals surface area (Å²) in [5.41, 5.74) is 5.40. The summed E-state index contributed by atoms with van der Waals surface area (Å²) in [4.78, 5) is 30.1. The van der Waals surface area contributed by atoms with Crippen molar-refractivity contribution < 1.29 is 27.5 Å². The number of halogens is 3. The summed E-state index contributed by atoms with van der Waals surface area (Å²) in [6.07, 6.45) is -2.19. The zero-order chi connectivity index (χ0) is 35.8. The van der Waals surface area contributed by atoms with Crippen molar-refractivity contribution in [3.8, 4) is 11.1 Å². The van der Waals surface area contributed by atoms with Crippen LogP contribution in [0.1, 0.15) is 45.1 Å². The molecule has 1 heterocycles. The average Bonchev–Trinajstić information content (AvgIpc) is 3.14. The molecule has 0 aliphatic carbocycles. The van der Waals surface area contributed by atoms with Crippen LogP contribution in [0.5, 0.6) is 0 Å². The maximum atomic E-state index is 14.0. The number of alkyl halides is 3. The molecule has 0 saturated heterocycles. The third-order valence-electron chi connectivity index (χ3n) is 8.54. The predicted octanol–water partition coefficient (Wildman–Crippen LogP) is 9.03. The molecule has 6 rings (SSSR count). The van der Waals surface area contributed by atoms with Crippen molar-refractivity contribution in [1.82, 2.24) is 10.3 Å². The molecule has 1 amide bonds. The molecule has 6 aromatic rings. The van der Waals surface area contributed by atoms with Crippen molar-refractivity contribution in [1.29, 1.82) is 0 Å². The monoisotopic (exact) mass is 687 g/mol. The van der Waals surface area contributed by atoms with Gasteiger partial charge in [0.25, 0.3) is 5.91 Å². The number of amides is 1. The van der Waals surface area contributed by atoms with Gasteiger partial charge >= 0.3 is 12.1 Å². The highest BCUT2D eigenvalue weighted by molar-refractivity contribution is 5.98. The normalized spacial score (nSPS) is 11.9. The number of nitrogens with one attached hydrogen (secondary N) is 2. The summed E-state index contributed by atoms with van der Waals surface area (Å²) in [5, 5.41) is 6.65. The molecular weight excluding hydrogens is 651 g/mol. The number of carbonyl (C=O) groups excluding carboxylic acids is 2. The fraction of sp³-hybridized carbons (Fsp3) is 0.167. The first kappa shape index (κ1) is 34.9. The Balaban J connectivity index is 1.20. The van der Waals surface area contributed by atoms with Gasteiger partial charge in [0.15, 0.2) is 0 Å².